The summed E-state index contributed by atoms with van der Waals surface area (Å²) in [5, 5.41) is 8.28. The Labute approximate surface area is 160 Å². The van der Waals surface area contributed by atoms with Gasteiger partial charge in [-0.1, -0.05) is 5.16 Å². The van der Waals surface area contributed by atoms with Gasteiger partial charge in [0.1, 0.15) is 5.76 Å². The minimum absolute atomic E-state index is 0.285. The van der Waals surface area contributed by atoms with E-state index in [0.29, 0.717) is 18.4 Å². The van der Waals surface area contributed by atoms with Gasteiger partial charge >= 0.3 is 0 Å². The first-order valence-corrected chi connectivity index (χ1v) is 9.90. The van der Waals surface area contributed by atoms with E-state index in [1.807, 2.05) is 33.3 Å². The van der Waals surface area contributed by atoms with Crippen molar-refractivity contribution in [3.63, 3.8) is 0 Å². The number of hydrogen-bond acceptors (Lipinski definition) is 5. The number of aromatic nitrogens is 3. The highest BCUT2D eigenvalue weighted by atomic mass is 16.5. The molecule has 146 valence electrons. The molecule has 0 aromatic carbocycles. The van der Waals surface area contributed by atoms with Crippen LogP contribution in [0.15, 0.2) is 16.9 Å². The number of nitrogens with zero attached hydrogens (tertiary/aromatic N) is 5. The number of carbonyl (C=O) groups excluding carboxylic acids is 1. The van der Waals surface area contributed by atoms with Crippen LogP contribution in [0, 0.1) is 19.8 Å². The summed E-state index contributed by atoms with van der Waals surface area (Å²) in [6.45, 7) is 7.75. The number of hydrogen-bond donors (Lipinski definition) is 0. The Kier molecular flexibility index (Phi) is 5.04. The average molecular weight is 371 g/mol. The molecule has 5 heterocycles. The van der Waals surface area contributed by atoms with Crippen molar-refractivity contribution >= 4 is 5.91 Å². The molecule has 27 heavy (non-hydrogen) atoms. The molecule has 7 nitrogen and oxygen atoms in total. The van der Waals surface area contributed by atoms with Crippen molar-refractivity contribution in [1.82, 2.24) is 24.7 Å². The van der Waals surface area contributed by atoms with E-state index in [-0.39, 0.29) is 5.91 Å². The molecule has 2 atom stereocenters. The SMILES string of the molecule is Cc1noc(C)c1CN1CC2CCC(C1)N(C(=O)CCc1cnn(C)c1)C2. The van der Waals surface area contributed by atoms with Gasteiger partial charge in [0.25, 0.3) is 0 Å². The smallest absolute Gasteiger partial charge is 0.223 e. The zero-order chi connectivity index (χ0) is 19.0. The lowest BCUT2D eigenvalue weighted by Gasteiger charge is -2.36. The van der Waals surface area contributed by atoms with Gasteiger partial charge in [0.05, 0.1) is 11.9 Å². The third kappa shape index (κ3) is 3.93. The molecule has 0 saturated carbocycles. The third-order valence-electron chi connectivity index (χ3n) is 6.06. The molecule has 5 rings (SSSR count). The summed E-state index contributed by atoms with van der Waals surface area (Å²) in [5.74, 6) is 1.76. The normalized spacial score (nSPS) is 23.0. The molecule has 3 saturated heterocycles. The lowest BCUT2D eigenvalue weighted by atomic mass is 9.94. The van der Waals surface area contributed by atoms with Crippen molar-refractivity contribution in [2.24, 2.45) is 13.0 Å². The van der Waals surface area contributed by atoms with Gasteiger partial charge in [0.15, 0.2) is 0 Å². The maximum atomic E-state index is 12.9. The molecule has 2 aromatic heterocycles. The van der Waals surface area contributed by atoms with Crippen molar-refractivity contribution in [2.75, 3.05) is 19.6 Å². The van der Waals surface area contributed by atoms with Gasteiger partial charge in [0.2, 0.25) is 5.91 Å². The number of piperidine rings is 1. The van der Waals surface area contributed by atoms with Gasteiger partial charge in [-0.2, -0.15) is 5.10 Å². The maximum absolute atomic E-state index is 12.9. The van der Waals surface area contributed by atoms with Crippen molar-refractivity contribution in [1.29, 1.82) is 0 Å². The van der Waals surface area contributed by atoms with E-state index in [2.05, 4.69) is 20.1 Å². The van der Waals surface area contributed by atoms with Gasteiger partial charge in [-0.05, 0) is 44.6 Å². The highest BCUT2D eigenvalue weighted by Crippen LogP contribution is 2.30. The molecular weight excluding hydrogens is 342 g/mol. The van der Waals surface area contributed by atoms with Gasteiger partial charge in [-0.25, -0.2) is 0 Å². The predicted octanol–water partition coefficient (Wildman–Crippen LogP) is 2.08. The summed E-state index contributed by atoms with van der Waals surface area (Å²) in [5.41, 5.74) is 3.31. The van der Waals surface area contributed by atoms with Crippen LogP contribution in [0.25, 0.3) is 0 Å². The molecule has 2 unspecified atom stereocenters. The summed E-state index contributed by atoms with van der Waals surface area (Å²) in [6, 6.07) is 0.325. The molecule has 0 radical (unpaired) electrons. The Balaban J connectivity index is 1.39. The highest BCUT2D eigenvalue weighted by molar-refractivity contribution is 5.77. The number of carbonyl (C=O) groups is 1. The Bertz CT molecular complexity index is 792. The number of amides is 1. The van der Waals surface area contributed by atoms with Crippen LogP contribution < -0.4 is 0 Å². The first-order valence-electron chi connectivity index (χ1n) is 9.90. The molecule has 2 aromatic rings. The average Bonchev–Trinajstić information content (AvgIpc) is 3.06. The topological polar surface area (TPSA) is 67.4 Å². The Morgan fingerprint density at radius 2 is 2.11 bits per heavy atom. The molecule has 3 aliphatic rings. The summed E-state index contributed by atoms with van der Waals surface area (Å²) < 4.78 is 7.12. The van der Waals surface area contributed by atoms with Crippen LogP contribution in [-0.2, 0) is 24.8 Å². The van der Waals surface area contributed by atoms with Crippen LogP contribution in [0.1, 0.15) is 41.8 Å². The fraction of sp³-hybridized carbons (Fsp3) is 0.650. The second-order valence-electron chi connectivity index (χ2n) is 8.16. The van der Waals surface area contributed by atoms with Crippen molar-refractivity contribution in [3.8, 4) is 0 Å². The van der Waals surface area contributed by atoms with Gasteiger partial charge in [0, 0.05) is 57.4 Å². The van der Waals surface area contributed by atoms with E-state index in [0.717, 1.165) is 56.0 Å². The Hall–Kier alpha value is -2.15. The third-order valence-corrected chi connectivity index (χ3v) is 6.06. The predicted molar refractivity (Wildman–Crippen MR) is 101 cm³/mol. The molecule has 7 heteroatoms. The summed E-state index contributed by atoms with van der Waals surface area (Å²) in [6.07, 6.45) is 7.51. The summed E-state index contributed by atoms with van der Waals surface area (Å²) in [4.78, 5) is 17.5. The molecule has 0 spiro atoms. The fourth-order valence-electron chi connectivity index (χ4n) is 4.56. The molecule has 3 fully saturated rings. The van der Waals surface area contributed by atoms with E-state index >= 15 is 0 Å². The standard InChI is InChI=1S/C20H29N5O2/c1-14-19(15(2)27-22-14)13-24-10-17-4-6-18(12-24)25(11-17)20(26)7-5-16-8-21-23(3)9-16/h8-9,17-18H,4-7,10-13H2,1-3H3. The van der Waals surface area contributed by atoms with Crippen molar-refractivity contribution in [3.05, 3.63) is 35.0 Å². The molecule has 1 amide bonds. The van der Waals surface area contributed by atoms with Crippen LogP contribution >= 0.6 is 0 Å². The first kappa shape index (κ1) is 18.2. The van der Waals surface area contributed by atoms with Crippen LogP contribution in [0.4, 0.5) is 0 Å². The largest absolute Gasteiger partial charge is 0.361 e. The van der Waals surface area contributed by atoms with Gasteiger partial charge in [-0.15, -0.1) is 0 Å². The van der Waals surface area contributed by atoms with E-state index < -0.39 is 0 Å². The van der Waals surface area contributed by atoms with E-state index in [9.17, 15) is 4.79 Å². The lowest BCUT2D eigenvalue weighted by Crippen LogP contribution is -2.47. The fourth-order valence-corrected chi connectivity index (χ4v) is 4.56. The van der Waals surface area contributed by atoms with Crippen molar-refractivity contribution < 1.29 is 9.32 Å². The zero-order valence-electron chi connectivity index (χ0n) is 16.5. The second kappa shape index (κ2) is 7.46. The van der Waals surface area contributed by atoms with E-state index in [1.165, 1.54) is 12.0 Å². The Morgan fingerprint density at radius 3 is 2.81 bits per heavy atom. The molecular formula is C20H29N5O2. The number of rotatable bonds is 5. The first-order chi connectivity index (χ1) is 13.0. The molecule has 2 bridgehead atoms. The minimum Gasteiger partial charge on any atom is -0.361 e. The number of aryl methyl sites for hydroxylation is 4. The van der Waals surface area contributed by atoms with Crippen LogP contribution in [-0.4, -0.2) is 56.3 Å². The van der Waals surface area contributed by atoms with Crippen LogP contribution in [0.5, 0.6) is 0 Å². The van der Waals surface area contributed by atoms with Crippen molar-refractivity contribution in [2.45, 2.75) is 52.1 Å². The maximum Gasteiger partial charge on any atom is 0.223 e. The second-order valence-corrected chi connectivity index (χ2v) is 8.16. The monoisotopic (exact) mass is 371 g/mol. The highest BCUT2D eigenvalue weighted by Gasteiger charge is 2.37. The van der Waals surface area contributed by atoms with Gasteiger partial charge in [-0.3, -0.25) is 14.4 Å². The molecule has 0 N–H and O–H groups in total. The zero-order valence-corrected chi connectivity index (χ0v) is 16.5. The van der Waals surface area contributed by atoms with Crippen LogP contribution in [0.2, 0.25) is 0 Å². The summed E-state index contributed by atoms with van der Waals surface area (Å²) in [7, 11) is 1.91. The molecule has 0 aliphatic carbocycles. The van der Waals surface area contributed by atoms with Crippen LogP contribution in [0.3, 0.4) is 0 Å². The lowest BCUT2D eigenvalue weighted by molar-refractivity contribution is -0.135. The summed E-state index contributed by atoms with van der Waals surface area (Å²) >= 11 is 0. The van der Waals surface area contributed by atoms with E-state index in [4.69, 9.17) is 4.52 Å². The minimum atomic E-state index is 0.285. The number of fused-ring (bicyclic) bond motifs is 4. The Morgan fingerprint density at radius 1 is 1.26 bits per heavy atom. The quantitative estimate of drug-likeness (QED) is 0.805. The van der Waals surface area contributed by atoms with Gasteiger partial charge < -0.3 is 9.42 Å². The molecule has 3 aliphatic heterocycles. The van der Waals surface area contributed by atoms with E-state index in [1.54, 1.807) is 4.68 Å².